The molecular formula is C34H34N4O11S. The van der Waals surface area contributed by atoms with Gasteiger partial charge in [-0.05, 0) is 42.3 Å². The van der Waals surface area contributed by atoms with Crippen molar-refractivity contribution in [3.8, 4) is 23.0 Å². The molecule has 0 bridgehead atoms. The molecule has 0 radical (unpaired) electrons. The second kappa shape index (κ2) is 14.7. The van der Waals surface area contributed by atoms with E-state index >= 15 is 0 Å². The van der Waals surface area contributed by atoms with Crippen LogP contribution in [0, 0.1) is 0 Å². The molecule has 2 aliphatic heterocycles. The predicted octanol–water partition coefficient (Wildman–Crippen LogP) is 2.76. The number of amides is 5. The van der Waals surface area contributed by atoms with Gasteiger partial charge in [0.15, 0.2) is 9.84 Å². The number of nitrogens with one attached hydrogen (secondary N) is 3. The third kappa shape index (κ3) is 7.39. The lowest BCUT2D eigenvalue weighted by Crippen LogP contribution is -2.54. The molecule has 0 saturated carbocycles. The van der Waals surface area contributed by atoms with E-state index in [9.17, 15) is 32.4 Å². The Morgan fingerprint density at radius 2 is 1.60 bits per heavy atom. The zero-order valence-corrected chi connectivity index (χ0v) is 28.3. The van der Waals surface area contributed by atoms with Crippen molar-refractivity contribution in [2.75, 3.05) is 45.6 Å². The fourth-order valence-corrected chi connectivity index (χ4v) is 6.70. The number of ether oxygens (including phenoxy) is 4. The van der Waals surface area contributed by atoms with E-state index in [4.69, 9.17) is 18.9 Å². The Bertz CT molecular complexity index is 2000. The fraction of sp³-hybridized carbons (Fsp3) is 0.265. The highest BCUT2D eigenvalue weighted by Crippen LogP contribution is 2.36. The Balaban J connectivity index is 1.28. The highest BCUT2D eigenvalue weighted by molar-refractivity contribution is 7.93. The van der Waals surface area contributed by atoms with Gasteiger partial charge in [-0.2, -0.15) is 0 Å². The van der Waals surface area contributed by atoms with Gasteiger partial charge in [-0.3, -0.25) is 34.2 Å². The summed E-state index contributed by atoms with van der Waals surface area (Å²) < 4.78 is 47.7. The summed E-state index contributed by atoms with van der Waals surface area (Å²) in [5.74, 6) is -2.18. The number of nitrogens with zero attached hydrogens (tertiary/aromatic N) is 1. The van der Waals surface area contributed by atoms with Crippen molar-refractivity contribution in [2.24, 2.45) is 0 Å². The molecule has 3 N–H and O–H groups in total. The summed E-state index contributed by atoms with van der Waals surface area (Å²) in [5, 5.41) is 8.74. The van der Waals surface area contributed by atoms with Crippen LogP contribution < -0.4 is 34.9 Å². The number of sulfone groups is 1. The lowest BCUT2D eigenvalue weighted by Gasteiger charge is -2.27. The molecule has 1 saturated heterocycles. The zero-order valence-electron chi connectivity index (χ0n) is 27.5. The minimum atomic E-state index is -3.82. The standard InChI is InChI=1S/C34H34N4O11S/c1-46-20-15-27(48-3)21(28(16-20)49-4)12-13-50(44,45)18-19-8-10-26(47-2)24(14-19)35-17-30(40)36-23-7-5-6-22-31(23)34(43)38(33(22)42)25-9-11-29(39)37-32(25)41/h5-8,10,12-16,25,35H,9,11,17-18H2,1-4H3,(H,36,40)(H,37,39,41). The van der Waals surface area contributed by atoms with Crippen LogP contribution in [0.15, 0.2) is 53.9 Å². The number of carbonyl (C=O) groups is 5. The fourth-order valence-electron chi connectivity index (χ4n) is 5.62. The van der Waals surface area contributed by atoms with Crippen LogP contribution in [-0.4, -0.2) is 83.9 Å². The number of methoxy groups -OCH3 is 4. The molecule has 2 aliphatic rings. The molecule has 15 nitrogen and oxygen atoms in total. The van der Waals surface area contributed by atoms with Crippen LogP contribution in [0.25, 0.3) is 6.08 Å². The van der Waals surface area contributed by atoms with Gasteiger partial charge in [-0.15, -0.1) is 0 Å². The van der Waals surface area contributed by atoms with Crippen LogP contribution in [0.3, 0.4) is 0 Å². The first-order valence-electron chi connectivity index (χ1n) is 15.2. The summed E-state index contributed by atoms with van der Waals surface area (Å²) in [6.07, 6.45) is 1.34. The van der Waals surface area contributed by atoms with Crippen LogP contribution in [0.5, 0.6) is 23.0 Å². The number of fused-ring (bicyclic) bond motifs is 1. The molecule has 1 atom stereocenters. The molecule has 1 unspecified atom stereocenters. The third-order valence-electron chi connectivity index (χ3n) is 8.01. The van der Waals surface area contributed by atoms with Crippen LogP contribution in [0.1, 0.15) is 44.7 Å². The lowest BCUT2D eigenvalue weighted by atomic mass is 10.0. The number of benzene rings is 3. The molecule has 2 heterocycles. The van der Waals surface area contributed by atoms with Gasteiger partial charge >= 0.3 is 0 Å². The van der Waals surface area contributed by atoms with Crippen molar-refractivity contribution in [2.45, 2.75) is 24.6 Å². The van der Waals surface area contributed by atoms with Crippen molar-refractivity contribution in [3.63, 3.8) is 0 Å². The maximum absolute atomic E-state index is 13.4. The average molecular weight is 707 g/mol. The molecule has 262 valence electrons. The molecule has 0 aromatic heterocycles. The Morgan fingerprint density at radius 3 is 2.24 bits per heavy atom. The monoisotopic (exact) mass is 706 g/mol. The van der Waals surface area contributed by atoms with E-state index < -0.39 is 45.4 Å². The molecule has 1 fully saturated rings. The highest BCUT2D eigenvalue weighted by atomic mass is 32.2. The zero-order chi connectivity index (χ0) is 36.2. The van der Waals surface area contributed by atoms with Crippen molar-refractivity contribution in [1.82, 2.24) is 10.2 Å². The second-order valence-corrected chi connectivity index (χ2v) is 13.1. The lowest BCUT2D eigenvalue weighted by molar-refractivity contribution is -0.136. The molecule has 16 heteroatoms. The van der Waals surface area contributed by atoms with Gasteiger partial charge in [0.2, 0.25) is 17.7 Å². The molecule has 50 heavy (non-hydrogen) atoms. The Morgan fingerprint density at radius 1 is 0.900 bits per heavy atom. The molecule has 3 aromatic carbocycles. The summed E-state index contributed by atoms with van der Waals surface area (Å²) in [5.41, 5.74) is 1.13. The topological polar surface area (TPSA) is 196 Å². The smallest absolute Gasteiger partial charge is 0.264 e. The normalized spacial score (nSPS) is 15.8. The van der Waals surface area contributed by atoms with Gasteiger partial charge in [-0.1, -0.05) is 12.1 Å². The Kier molecular flexibility index (Phi) is 10.4. The molecule has 5 amide bonds. The van der Waals surface area contributed by atoms with Gasteiger partial charge in [0.1, 0.15) is 29.0 Å². The van der Waals surface area contributed by atoms with Gasteiger partial charge < -0.3 is 29.6 Å². The first kappa shape index (κ1) is 35.4. The van der Waals surface area contributed by atoms with Gasteiger partial charge in [0, 0.05) is 24.0 Å². The van der Waals surface area contributed by atoms with Gasteiger partial charge in [0.25, 0.3) is 11.8 Å². The van der Waals surface area contributed by atoms with Crippen molar-refractivity contribution < 1.29 is 51.3 Å². The molecule has 0 spiro atoms. The third-order valence-corrected chi connectivity index (χ3v) is 9.29. The van der Waals surface area contributed by atoms with Gasteiger partial charge in [-0.25, -0.2) is 8.42 Å². The summed E-state index contributed by atoms with van der Waals surface area (Å²) in [6.45, 7) is -0.327. The minimum absolute atomic E-state index is 0.00754. The van der Waals surface area contributed by atoms with E-state index in [0.717, 1.165) is 10.3 Å². The second-order valence-electron chi connectivity index (χ2n) is 11.2. The summed E-state index contributed by atoms with van der Waals surface area (Å²) in [6, 6.07) is 11.1. The number of rotatable bonds is 13. The van der Waals surface area contributed by atoms with Crippen LogP contribution >= 0.6 is 0 Å². The summed E-state index contributed by atoms with van der Waals surface area (Å²) in [7, 11) is 1.97. The van der Waals surface area contributed by atoms with Crippen LogP contribution in [0.2, 0.25) is 0 Å². The van der Waals surface area contributed by atoms with Crippen molar-refractivity contribution >= 4 is 56.8 Å². The number of hydrogen-bond donors (Lipinski definition) is 3. The minimum Gasteiger partial charge on any atom is -0.496 e. The van der Waals surface area contributed by atoms with E-state index in [1.54, 1.807) is 24.3 Å². The molecule has 3 aromatic rings. The van der Waals surface area contributed by atoms with Crippen molar-refractivity contribution in [1.29, 1.82) is 0 Å². The number of anilines is 2. The Labute approximate surface area is 287 Å². The highest BCUT2D eigenvalue weighted by Gasteiger charge is 2.45. The number of imide groups is 2. The number of carbonyl (C=O) groups excluding carboxylic acids is 5. The quantitative estimate of drug-likeness (QED) is 0.220. The van der Waals surface area contributed by atoms with E-state index in [1.165, 1.54) is 58.8 Å². The van der Waals surface area contributed by atoms with E-state index in [1.807, 2.05) is 0 Å². The molecule has 0 aliphatic carbocycles. The SMILES string of the molecule is COc1cc(OC)c(C=CS(=O)(=O)Cc2ccc(OC)c(NCC(=O)Nc3cccc4c3C(=O)N(C3CCC(=O)NC3=O)C4=O)c2)c(OC)c1. The van der Waals surface area contributed by atoms with Crippen LogP contribution in [0.4, 0.5) is 11.4 Å². The largest absolute Gasteiger partial charge is 0.496 e. The maximum Gasteiger partial charge on any atom is 0.264 e. The molecular weight excluding hydrogens is 672 g/mol. The molecule has 5 rings (SSSR count). The summed E-state index contributed by atoms with van der Waals surface area (Å²) in [4.78, 5) is 64.3. The first-order chi connectivity index (χ1) is 23.9. The van der Waals surface area contributed by atoms with E-state index in [0.29, 0.717) is 39.8 Å². The Hall–Kier alpha value is -5.90. The number of hydrogen-bond acceptors (Lipinski definition) is 12. The van der Waals surface area contributed by atoms with E-state index in [-0.39, 0.29) is 42.0 Å². The summed E-state index contributed by atoms with van der Waals surface area (Å²) >= 11 is 0. The van der Waals surface area contributed by atoms with Gasteiger partial charge in [0.05, 0.1) is 68.8 Å². The number of piperidine rings is 1. The maximum atomic E-state index is 13.4. The van der Waals surface area contributed by atoms with Crippen LogP contribution in [-0.2, 0) is 30.0 Å². The van der Waals surface area contributed by atoms with Crippen molar-refractivity contribution in [3.05, 3.63) is 76.2 Å². The first-order valence-corrected chi connectivity index (χ1v) is 16.9. The van der Waals surface area contributed by atoms with E-state index in [2.05, 4.69) is 16.0 Å². The average Bonchev–Trinajstić information content (AvgIpc) is 3.35. The predicted molar refractivity (Wildman–Crippen MR) is 181 cm³/mol.